The molecule has 1 heterocycles. The van der Waals surface area contributed by atoms with Crippen molar-refractivity contribution in [2.75, 3.05) is 26.8 Å². The SMILES string of the molecule is COCCNCCc1ncc(-c2ccc(Br)c(F)c2)o1. The van der Waals surface area contributed by atoms with Crippen molar-refractivity contribution in [2.45, 2.75) is 6.42 Å². The minimum absolute atomic E-state index is 0.318. The molecule has 0 radical (unpaired) electrons. The Labute approximate surface area is 125 Å². The van der Waals surface area contributed by atoms with Gasteiger partial charge in [0, 0.05) is 32.2 Å². The number of nitrogens with one attached hydrogen (secondary N) is 1. The molecule has 1 aromatic heterocycles. The van der Waals surface area contributed by atoms with Gasteiger partial charge >= 0.3 is 0 Å². The van der Waals surface area contributed by atoms with Gasteiger partial charge in [-0.3, -0.25) is 0 Å². The fraction of sp³-hybridized carbons (Fsp3) is 0.357. The Morgan fingerprint density at radius 1 is 1.40 bits per heavy atom. The molecule has 0 aliphatic carbocycles. The summed E-state index contributed by atoms with van der Waals surface area (Å²) in [6, 6.07) is 4.86. The van der Waals surface area contributed by atoms with Crippen molar-refractivity contribution in [1.29, 1.82) is 0 Å². The van der Waals surface area contributed by atoms with Crippen molar-refractivity contribution in [3.8, 4) is 11.3 Å². The van der Waals surface area contributed by atoms with Gasteiger partial charge in [-0.2, -0.15) is 0 Å². The van der Waals surface area contributed by atoms with Gasteiger partial charge < -0.3 is 14.5 Å². The summed E-state index contributed by atoms with van der Waals surface area (Å²) >= 11 is 3.12. The van der Waals surface area contributed by atoms with Crippen LogP contribution in [-0.4, -0.2) is 31.8 Å². The maximum absolute atomic E-state index is 13.5. The van der Waals surface area contributed by atoms with Gasteiger partial charge in [0.05, 0.1) is 17.3 Å². The molecule has 0 unspecified atom stereocenters. The van der Waals surface area contributed by atoms with Gasteiger partial charge in [-0.05, 0) is 34.1 Å². The Balaban J connectivity index is 1.93. The molecule has 0 saturated heterocycles. The summed E-state index contributed by atoms with van der Waals surface area (Å²) in [6.45, 7) is 2.23. The van der Waals surface area contributed by atoms with Crippen molar-refractivity contribution in [1.82, 2.24) is 10.3 Å². The summed E-state index contributed by atoms with van der Waals surface area (Å²) < 4.78 is 24.4. The molecule has 0 saturated carbocycles. The van der Waals surface area contributed by atoms with Gasteiger partial charge in [0.25, 0.3) is 0 Å². The van der Waals surface area contributed by atoms with E-state index < -0.39 is 0 Å². The van der Waals surface area contributed by atoms with Crippen LogP contribution in [-0.2, 0) is 11.2 Å². The molecule has 2 rings (SSSR count). The van der Waals surface area contributed by atoms with Crippen LogP contribution < -0.4 is 5.32 Å². The molecule has 0 spiro atoms. The van der Waals surface area contributed by atoms with Gasteiger partial charge in [-0.1, -0.05) is 0 Å². The first-order valence-electron chi connectivity index (χ1n) is 6.30. The number of benzene rings is 1. The van der Waals surface area contributed by atoms with Crippen LogP contribution >= 0.6 is 15.9 Å². The van der Waals surface area contributed by atoms with Crippen LogP contribution in [0.3, 0.4) is 0 Å². The molecule has 1 aromatic carbocycles. The number of hydrogen-bond acceptors (Lipinski definition) is 4. The summed E-state index contributed by atoms with van der Waals surface area (Å²) in [5.74, 6) is 0.887. The largest absolute Gasteiger partial charge is 0.441 e. The number of nitrogens with zero attached hydrogens (tertiary/aromatic N) is 1. The van der Waals surface area contributed by atoms with E-state index in [9.17, 15) is 4.39 Å². The Kier molecular flexibility index (Phi) is 5.70. The van der Waals surface area contributed by atoms with Crippen LogP contribution in [0.2, 0.25) is 0 Å². The highest BCUT2D eigenvalue weighted by atomic mass is 79.9. The maximum Gasteiger partial charge on any atom is 0.196 e. The second kappa shape index (κ2) is 7.52. The predicted molar refractivity (Wildman–Crippen MR) is 78.0 cm³/mol. The Bertz CT molecular complexity index is 560. The summed E-state index contributed by atoms with van der Waals surface area (Å²) in [5, 5.41) is 3.21. The van der Waals surface area contributed by atoms with E-state index in [0.717, 1.165) is 13.1 Å². The molecule has 20 heavy (non-hydrogen) atoms. The minimum atomic E-state index is -0.318. The molecule has 0 aliphatic rings. The Morgan fingerprint density at radius 2 is 2.25 bits per heavy atom. The lowest BCUT2D eigenvalue weighted by atomic mass is 10.2. The summed E-state index contributed by atoms with van der Waals surface area (Å²) in [4.78, 5) is 4.19. The first kappa shape index (κ1) is 15.2. The van der Waals surface area contributed by atoms with Gasteiger partial charge in [-0.25, -0.2) is 9.37 Å². The first-order valence-corrected chi connectivity index (χ1v) is 7.10. The lowest BCUT2D eigenvalue weighted by Crippen LogP contribution is -2.21. The van der Waals surface area contributed by atoms with Crippen LogP contribution in [0, 0.1) is 5.82 Å². The Morgan fingerprint density at radius 3 is 3.00 bits per heavy atom. The van der Waals surface area contributed by atoms with Gasteiger partial charge in [0.15, 0.2) is 11.7 Å². The quantitative estimate of drug-likeness (QED) is 0.785. The molecular formula is C14H16BrFN2O2. The van der Waals surface area contributed by atoms with E-state index in [2.05, 4.69) is 26.2 Å². The third-order valence-corrected chi connectivity index (χ3v) is 3.40. The predicted octanol–water partition coefficient (Wildman–Crippen LogP) is 3.02. The van der Waals surface area contributed by atoms with E-state index >= 15 is 0 Å². The fourth-order valence-corrected chi connectivity index (χ4v) is 1.95. The molecular weight excluding hydrogens is 327 g/mol. The average Bonchev–Trinajstić information content (AvgIpc) is 2.90. The highest BCUT2D eigenvalue weighted by molar-refractivity contribution is 9.10. The van der Waals surface area contributed by atoms with Crippen LogP contribution in [0.1, 0.15) is 5.89 Å². The molecule has 2 aromatic rings. The summed E-state index contributed by atoms with van der Waals surface area (Å²) in [7, 11) is 1.67. The molecule has 0 amide bonds. The van der Waals surface area contributed by atoms with E-state index in [1.165, 1.54) is 6.07 Å². The van der Waals surface area contributed by atoms with E-state index in [1.807, 2.05) is 0 Å². The number of oxazole rings is 1. The normalized spacial score (nSPS) is 10.9. The smallest absolute Gasteiger partial charge is 0.196 e. The van der Waals surface area contributed by atoms with Crippen molar-refractivity contribution in [3.63, 3.8) is 0 Å². The molecule has 0 aliphatic heterocycles. The minimum Gasteiger partial charge on any atom is -0.441 e. The zero-order chi connectivity index (χ0) is 14.4. The second-order valence-corrected chi connectivity index (χ2v) is 5.09. The van der Waals surface area contributed by atoms with Gasteiger partial charge in [0.2, 0.25) is 0 Å². The number of halogens is 2. The Hall–Kier alpha value is -1.24. The number of methoxy groups -OCH3 is 1. The molecule has 0 fully saturated rings. The molecule has 4 nitrogen and oxygen atoms in total. The average molecular weight is 343 g/mol. The van der Waals surface area contributed by atoms with Crippen LogP contribution in [0.5, 0.6) is 0 Å². The third-order valence-electron chi connectivity index (χ3n) is 2.76. The lowest BCUT2D eigenvalue weighted by Gasteiger charge is -2.01. The van der Waals surface area contributed by atoms with Crippen LogP contribution in [0.25, 0.3) is 11.3 Å². The number of ether oxygens (including phenoxy) is 1. The van der Waals surface area contributed by atoms with Gasteiger partial charge in [-0.15, -0.1) is 0 Å². The molecule has 0 atom stereocenters. The third kappa shape index (κ3) is 4.13. The highest BCUT2D eigenvalue weighted by Crippen LogP contribution is 2.25. The molecule has 1 N–H and O–H groups in total. The summed E-state index contributed by atoms with van der Waals surface area (Å²) in [5.41, 5.74) is 0.678. The lowest BCUT2D eigenvalue weighted by molar-refractivity contribution is 0.199. The van der Waals surface area contributed by atoms with Crippen molar-refractivity contribution < 1.29 is 13.5 Å². The van der Waals surface area contributed by atoms with E-state index in [4.69, 9.17) is 9.15 Å². The zero-order valence-corrected chi connectivity index (χ0v) is 12.7. The van der Waals surface area contributed by atoms with E-state index in [0.29, 0.717) is 34.7 Å². The first-order chi connectivity index (χ1) is 9.70. The number of hydrogen-bond donors (Lipinski definition) is 1. The van der Waals surface area contributed by atoms with Crippen LogP contribution in [0.15, 0.2) is 33.3 Å². The standard InChI is InChI=1S/C14H16BrFN2O2/c1-19-7-6-17-5-4-14-18-9-13(20-14)10-2-3-11(15)12(16)8-10/h2-3,8-9,17H,4-7H2,1H3. The van der Waals surface area contributed by atoms with Crippen molar-refractivity contribution >= 4 is 15.9 Å². The fourth-order valence-electron chi connectivity index (χ4n) is 1.70. The van der Waals surface area contributed by atoms with Gasteiger partial charge in [0.1, 0.15) is 5.82 Å². The van der Waals surface area contributed by atoms with Crippen molar-refractivity contribution in [2.24, 2.45) is 0 Å². The van der Waals surface area contributed by atoms with E-state index in [-0.39, 0.29) is 5.82 Å². The second-order valence-electron chi connectivity index (χ2n) is 4.24. The molecule has 108 valence electrons. The monoisotopic (exact) mass is 342 g/mol. The van der Waals surface area contributed by atoms with Crippen molar-refractivity contribution in [3.05, 3.63) is 40.6 Å². The zero-order valence-electron chi connectivity index (χ0n) is 11.2. The molecule has 0 bridgehead atoms. The van der Waals surface area contributed by atoms with E-state index in [1.54, 1.807) is 25.4 Å². The summed E-state index contributed by atoms with van der Waals surface area (Å²) in [6.07, 6.45) is 2.30. The highest BCUT2D eigenvalue weighted by Gasteiger charge is 2.08. The maximum atomic E-state index is 13.5. The number of rotatable bonds is 7. The van der Waals surface area contributed by atoms with Crippen LogP contribution in [0.4, 0.5) is 4.39 Å². The topological polar surface area (TPSA) is 47.3 Å². The molecule has 6 heteroatoms. The number of aromatic nitrogens is 1.